The maximum absolute atomic E-state index is 2.41. The second-order valence-electron chi connectivity index (χ2n) is 9.77. The van der Waals surface area contributed by atoms with Gasteiger partial charge in [0.05, 0.1) is 5.69 Å². The Labute approximate surface area is 224 Å². The Bertz CT molecular complexity index is 2140. The zero-order valence-corrected chi connectivity index (χ0v) is 21.5. The van der Waals surface area contributed by atoms with Crippen LogP contribution in [-0.2, 0) is 0 Å². The third-order valence-corrected chi connectivity index (χ3v) is 8.76. The molecule has 0 aliphatic rings. The Hall–Kier alpha value is -4.66. The molecule has 1 heterocycles. The molecular weight excluding hydrogens is 478 g/mol. The molecule has 0 unspecified atom stereocenters. The summed E-state index contributed by atoms with van der Waals surface area (Å²) >= 11 is 1.86. The maximum atomic E-state index is 2.41. The number of hydrogen-bond donors (Lipinski definition) is 0. The summed E-state index contributed by atoms with van der Waals surface area (Å²) in [5.74, 6) is 0. The molecule has 0 atom stereocenters. The van der Waals surface area contributed by atoms with Gasteiger partial charge in [-0.1, -0.05) is 97.1 Å². The van der Waals surface area contributed by atoms with E-state index in [1.165, 1.54) is 58.2 Å². The molecule has 1 nitrogen and oxygen atoms in total. The van der Waals surface area contributed by atoms with Crippen LogP contribution in [0.3, 0.4) is 0 Å². The van der Waals surface area contributed by atoms with Gasteiger partial charge in [-0.05, 0) is 74.8 Å². The van der Waals surface area contributed by atoms with E-state index in [-0.39, 0.29) is 0 Å². The van der Waals surface area contributed by atoms with E-state index < -0.39 is 0 Å². The van der Waals surface area contributed by atoms with Crippen molar-refractivity contribution in [2.45, 2.75) is 0 Å². The fraction of sp³-hybridized carbons (Fsp3) is 0. The van der Waals surface area contributed by atoms with Crippen LogP contribution in [-0.4, -0.2) is 0 Å². The highest BCUT2D eigenvalue weighted by Crippen LogP contribution is 2.45. The molecule has 0 radical (unpaired) electrons. The van der Waals surface area contributed by atoms with Gasteiger partial charge >= 0.3 is 0 Å². The van der Waals surface area contributed by atoms with Crippen molar-refractivity contribution in [2.24, 2.45) is 0 Å². The van der Waals surface area contributed by atoms with Gasteiger partial charge in [-0.3, -0.25) is 0 Å². The van der Waals surface area contributed by atoms with E-state index in [4.69, 9.17) is 0 Å². The van der Waals surface area contributed by atoms with Gasteiger partial charge in [0, 0.05) is 31.5 Å². The number of para-hydroxylation sites is 1. The van der Waals surface area contributed by atoms with E-state index in [2.05, 4.69) is 144 Å². The number of nitrogens with zero attached hydrogens (tertiary/aromatic N) is 1. The van der Waals surface area contributed by atoms with E-state index >= 15 is 0 Å². The molecule has 0 amide bonds. The molecule has 0 aliphatic heterocycles. The Morgan fingerprint density at radius 2 is 1.05 bits per heavy atom. The molecule has 8 rings (SSSR count). The van der Waals surface area contributed by atoms with Crippen LogP contribution in [0.15, 0.2) is 140 Å². The normalized spacial score (nSPS) is 11.7. The van der Waals surface area contributed by atoms with E-state index in [1.807, 2.05) is 11.3 Å². The molecule has 0 saturated heterocycles. The Kier molecular flexibility index (Phi) is 4.76. The Balaban J connectivity index is 1.39. The molecule has 8 aromatic rings. The smallest absolute Gasteiger partial charge is 0.0554 e. The van der Waals surface area contributed by atoms with Gasteiger partial charge in [0.25, 0.3) is 0 Å². The third-order valence-electron chi connectivity index (χ3n) is 7.62. The molecule has 0 saturated carbocycles. The molecule has 0 fully saturated rings. The average molecular weight is 502 g/mol. The van der Waals surface area contributed by atoms with Crippen molar-refractivity contribution in [3.63, 3.8) is 0 Å². The molecule has 38 heavy (non-hydrogen) atoms. The summed E-state index contributed by atoms with van der Waals surface area (Å²) in [4.78, 5) is 2.41. The fourth-order valence-electron chi connectivity index (χ4n) is 5.90. The molecular formula is C36H23NS. The SMILES string of the molecule is c1ccc(N(c2ccc3c(ccc4c5ccccc5ccc34)c2)c2cccc3sc4ccccc4c23)cc1. The number of thiophene rings is 1. The lowest BCUT2D eigenvalue weighted by Gasteiger charge is -2.27. The maximum Gasteiger partial charge on any atom is 0.0554 e. The topological polar surface area (TPSA) is 3.24 Å². The summed E-state index contributed by atoms with van der Waals surface area (Å²) < 4.78 is 2.63. The van der Waals surface area contributed by atoms with E-state index in [1.54, 1.807) is 0 Å². The monoisotopic (exact) mass is 501 g/mol. The van der Waals surface area contributed by atoms with Crippen LogP contribution in [0, 0.1) is 0 Å². The van der Waals surface area contributed by atoms with Crippen molar-refractivity contribution in [1.82, 2.24) is 0 Å². The van der Waals surface area contributed by atoms with Crippen LogP contribution in [0.2, 0.25) is 0 Å². The summed E-state index contributed by atoms with van der Waals surface area (Å²) in [6.45, 7) is 0. The first-order chi connectivity index (χ1) is 18.8. The first-order valence-electron chi connectivity index (χ1n) is 12.9. The predicted octanol–water partition coefficient (Wildman–Crippen LogP) is 11.0. The average Bonchev–Trinajstić information content (AvgIpc) is 3.37. The Morgan fingerprint density at radius 1 is 0.395 bits per heavy atom. The predicted molar refractivity (Wildman–Crippen MR) is 167 cm³/mol. The van der Waals surface area contributed by atoms with Crippen molar-refractivity contribution in [3.05, 3.63) is 140 Å². The number of anilines is 3. The molecule has 2 heteroatoms. The summed E-state index contributed by atoms with van der Waals surface area (Å²) in [6.07, 6.45) is 0. The molecule has 0 bridgehead atoms. The highest BCUT2D eigenvalue weighted by atomic mass is 32.1. The Morgan fingerprint density at radius 3 is 1.92 bits per heavy atom. The number of benzene rings is 7. The molecule has 0 aliphatic carbocycles. The van der Waals surface area contributed by atoms with Gasteiger partial charge in [-0.25, -0.2) is 0 Å². The molecule has 178 valence electrons. The standard InChI is InChI=1S/C36H23NS/c1-2-10-26(11-3-1)37(33-14-8-16-35-36(33)32-13-6-7-15-34(32)38-35)27-19-22-29-25(23-27)18-21-30-28-12-5-4-9-24(28)17-20-31(29)30/h1-23H. The van der Waals surface area contributed by atoms with Crippen LogP contribution in [0.4, 0.5) is 17.1 Å². The minimum Gasteiger partial charge on any atom is -0.310 e. The van der Waals surface area contributed by atoms with Gasteiger partial charge in [-0.15, -0.1) is 11.3 Å². The van der Waals surface area contributed by atoms with Crippen LogP contribution < -0.4 is 4.90 Å². The largest absolute Gasteiger partial charge is 0.310 e. The van der Waals surface area contributed by atoms with E-state index in [0.29, 0.717) is 0 Å². The minimum absolute atomic E-state index is 1.15. The molecule has 1 aromatic heterocycles. The molecule has 7 aromatic carbocycles. The van der Waals surface area contributed by atoms with E-state index in [0.717, 1.165) is 11.4 Å². The second-order valence-corrected chi connectivity index (χ2v) is 10.9. The zero-order chi connectivity index (χ0) is 25.1. The lowest BCUT2D eigenvalue weighted by Crippen LogP contribution is -2.10. The van der Waals surface area contributed by atoms with Gasteiger partial charge in [0.15, 0.2) is 0 Å². The van der Waals surface area contributed by atoms with Crippen molar-refractivity contribution in [3.8, 4) is 0 Å². The van der Waals surface area contributed by atoms with Crippen molar-refractivity contribution < 1.29 is 0 Å². The molecule has 0 N–H and O–H groups in total. The summed E-state index contributed by atoms with van der Waals surface area (Å²) in [5.41, 5.74) is 3.52. The van der Waals surface area contributed by atoms with Crippen LogP contribution in [0.1, 0.15) is 0 Å². The number of hydrogen-bond acceptors (Lipinski definition) is 2. The summed E-state index contributed by atoms with van der Waals surface area (Å²) in [5, 5.41) is 10.3. The zero-order valence-electron chi connectivity index (χ0n) is 20.6. The van der Waals surface area contributed by atoms with Gasteiger partial charge in [-0.2, -0.15) is 0 Å². The first kappa shape index (κ1) is 21.4. The summed E-state index contributed by atoms with van der Waals surface area (Å²) in [7, 11) is 0. The van der Waals surface area contributed by atoms with Gasteiger partial charge < -0.3 is 4.90 Å². The first-order valence-corrected chi connectivity index (χ1v) is 13.8. The fourth-order valence-corrected chi connectivity index (χ4v) is 7.03. The minimum atomic E-state index is 1.15. The third kappa shape index (κ3) is 3.24. The quantitative estimate of drug-likeness (QED) is 0.218. The lowest BCUT2D eigenvalue weighted by molar-refractivity contribution is 1.31. The van der Waals surface area contributed by atoms with Gasteiger partial charge in [0.1, 0.15) is 0 Å². The van der Waals surface area contributed by atoms with Crippen LogP contribution in [0.5, 0.6) is 0 Å². The second kappa shape index (κ2) is 8.44. The highest BCUT2D eigenvalue weighted by Gasteiger charge is 2.18. The van der Waals surface area contributed by atoms with Crippen molar-refractivity contribution in [2.75, 3.05) is 4.90 Å². The lowest BCUT2D eigenvalue weighted by atomic mass is 9.96. The van der Waals surface area contributed by atoms with Crippen molar-refractivity contribution >= 4 is 80.9 Å². The van der Waals surface area contributed by atoms with E-state index in [9.17, 15) is 0 Å². The van der Waals surface area contributed by atoms with Crippen LogP contribution in [0.25, 0.3) is 52.5 Å². The molecule has 0 spiro atoms. The van der Waals surface area contributed by atoms with Crippen LogP contribution >= 0.6 is 11.3 Å². The van der Waals surface area contributed by atoms with Gasteiger partial charge in [0.2, 0.25) is 0 Å². The summed E-state index contributed by atoms with van der Waals surface area (Å²) in [6, 6.07) is 50.8. The number of rotatable bonds is 3. The number of fused-ring (bicyclic) bond motifs is 8. The van der Waals surface area contributed by atoms with Crippen molar-refractivity contribution in [1.29, 1.82) is 0 Å². The highest BCUT2D eigenvalue weighted by molar-refractivity contribution is 7.26.